The van der Waals surface area contributed by atoms with Crippen molar-refractivity contribution in [2.75, 3.05) is 26.9 Å². The Morgan fingerprint density at radius 3 is 3.00 bits per heavy atom. The summed E-state index contributed by atoms with van der Waals surface area (Å²) < 4.78 is 10.5. The van der Waals surface area contributed by atoms with Crippen molar-refractivity contribution in [2.24, 2.45) is 5.92 Å². The van der Waals surface area contributed by atoms with Gasteiger partial charge in [-0.15, -0.1) is 0 Å². The molecule has 0 amide bonds. The summed E-state index contributed by atoms with van der Waals surface area (Å²) in [6.07, 6.45) is 0. The highest BCUT2D eigenvalue weighted by Gasteiger charge is 2.34. The van der Waals surface area contributed by atoms with Crippen LogP contribution >= 0.6 is 11.6 Å². The summed E-state index contributed by atoms with van der Waals surface area (Å²) in [6.45, 7) is 3.88. The molecule has 0 spiro atoms. The summed E-state index contributed by atoms with van der Waals surface area (Å²) in [7, 11) is 1.54. The van der Waals surface area contributed by atoms with Crippen LogP contribution in [0.15, 0.2) is 18.2 Å². The number of ether oxygens (including phenoxy) is 2. The topological polar surface area (TPSA) is 47.6 Å². The molecule has 1 N–H and O–H groups in total. The maximum Gasteiger partial charge on any atom is 0.170 e. The molecular formula is C14H18ClNO3. The van der Waals surface area contributed by atoms with Crippen LogP contribution in [-0.2, 0) is 4.74 Å². The van der Waals surface area contributed by atoms with E-state index in [-0.39, 0.29) is 17.7 Å². The van der Waals surface area contributed by atoms with Gasteiger partial charge in [0, 0.05) is 11.6 Å². The molecule has 0 aliphatic carbocycles. The second-order valence-electron chi connectivity index (χ2n) is 4.52. The number of benzene rings is 1. The van der Waals surface area contributed by atoms with Crippen LogP contribution in [0.4, 0.5) is 0 Å². The number of hydrogen-bond acceptors (Lipinski definition) is 4. The first-order valence-corrected chi connectivity index (χ1v) is 6.74. The molecule has 1 aliphatic heterocycles. The predicted octanol–water partition coefficient (Wildman–Crippen LogP) is 2.16. The summed E-state index contributed by atoms with van der Waals surface area (Å²) in [5, 5.41) is 3.79. The summed E-state index contributed by atoms with van der Waals surface area (Å²) >= 11 is 5.97. The van der Waals surface area contributed by atoms with Gasteiger partial charge in [0.2, 0.25) is 0 Å². The van der Waals surface area contributed by atoms with Gasteiger partial charge < -0.3 is 14.8 Å². The molecule has 19 heavy (non-hydrogen) atoms. The van der Waals surface area contributed by atoms with Crippen molar-refractivity contribution in [1.82, 2.24) is 5.32 Å². The molecule has 5 heteroatoms. The first kappa shape index (κ1) is 14.3. The van der Waals surface area contributed by atoms with E-state index in [1.807, 2.05) is 6.92 Å². The molecule has 4 nitrogen and oxygen atoms in total. The van der Waals surface area contributed by atoms with E-state index < -0.39 is 0 Å². The van der Waals surface area contributed by atoms with E-state index >= 15 is 0 Å². The lowest BCUT2D eigenvalue weighted by Gasteiger charge is -2.17. The highest BCUT2D eigenvalue weighted by molar-refractivity contribution is 6.32. The third kappa shape index (κ3) is 3.08. The normalized spacial score (nSPS) is 22.5. The Morgan fingerprint density at radius 1 is 1.53 bits per heavy atom. The zero-order chi connectivity index (χ0) is 13.8. The monoisotopic (exact) mass is 283 g/mol. The van der Waals surface area contributed by atoms with E-state index in [0.717, 1.165) is 6.54 Å². The Morgan fingerprint density at radius 2 is 2.32 bits per heavy atom. The van der Waals surface area contributed by atoms with Crippen molar-refractivity contribution in [3.05, 3.63) is 28.8 Å². The van der Waals surface area contributed by atoms with Gasteiger partial charge in [-0.3, -0.25) is 4.79 Å². The highest BCUT2D eigenvalue weighted by Crippen LogP contribution is 2.27. The molecule has 0 aromatic heterocycles. The Bertz CT molecular complexity index is 464. The largest absolute Gasteiger partial charge is 0.495 e. The van der Waals surface area contributed by atoms with E-state index in [1.165, 1.54) is 7.11 Å². The minimum Gasteiger partial charge on any atom is -0.495 e. The van der Waals surface area contributed by atoms with Crippen LogP contribution in [-0.4, -0.2) is 38.7 Å². The van der Waals surface area contributed by atoms with Gasteiger partial charge in [0.05, 0.1) is 31.3 Å². The zero-order valence-corrected chi connectivity index (χ0v) is 11.9. The maximum absolute atomic E-state index is 12.5. The average molecular weight is 284 g/mol. The number of ketones is 1. The second kappa shape index (κ2) is 6.37. The van der Waals surface area contributed by atoms with Gasteiger partial charge in [0.15, 0.2) is 5.78 Å². The van der Waals surface area contributed by atoms with Crippen molar-refractivity contribution >= 4 is 17.4 Å². The fourth-order valence-corrected chi connectivity index (χ4v) is 2.50. The van der Waals surface area contributed by atoms with E-state index in [1.54, 1.807) is 18.2 Å². The van der Waals surface area contributed by atoms with E-state index in [0.29, 0.717) is 29.5 Å². The van der Waals surface area contributed by atoms with Crippen LogP contribution < -0.4 is 10.1 Å². The number of carbonyl (C=O) groups is 1. The average Bonchev–Trinajstić information content (AvgIpc) is 2.87. The second-order valence-corrected chi connectivity index (χ2v) is 4.93. The first-order chi connectivity index (χ1) is 9.17. The molecule has 2 rings (SSSR count). The lowest BCUT2D eigenvalue weighted by atomic mass is 9.93. The van der Waals surface area contributed by atoms with Crippen molar-refractivity contribution < 1.29 is 14.3 Å². The molecule has 1 aromatic carbocycles. The number of nitrogens with one attached hydrogen (secondary N) is 1. The van der Waals surface area contributed by atoms with Crippen LogP contribution in [0.5, 0.6) is 5.75 Å². The third-order valence-electron chi connectivity index (χ3n) is 3.32. The molecule has 1 saturated heterocycles. The standard InChI is InChI=1S/C14H18ClNO3/c1-3-16-12-8-19-7-10(12)14(17)9-4-5-11(15)13(6-9)18-2/h4-6,10,12,16H,3,7-8H2,1-2H3. The fraction of sp³-hybridized carbons (Fsp3) is 0.500. The predicted molar refractivity (Wildman–Crippen MR) is 74.1 cm³/mol. The molecule has 0 bridgehead atoms. The van der Waals surface area contributed by atoms with Gasteiger partial charge in [-0.25, -0.2) is 0 Å². The lowest BCUT2D eigenvalue weighted by Crippen LogP contribution is -2.39. The molecule has 104 valence electrons. The van der Waals surface area contributed by atoms with Gasteiger partial charge in [0.1, 0.15) is 5.75 Å². The Balaban J connectivity index is 2.19. The number of Topliss-reactive ketones (excluding diaryl/α,β-unsaturated/α-hetero) is 1. The molecule has 0 saturated carbocycles. The molecule has 1 aliphatic rings. The van der Waals surface area contributed by atoms with E-state index in [9.17, 15) is 4.79 Å². The van der Waals surface area contributed by atoms with Crippen molar-refractivity contribution in [1.29, 1.82) is 0 Å². The molecule has 0 radical (unpaired) electrons. The number of methoxy groups -OCH3 is 1. The van der Waals surface area contributed by atoms with Gasteiger partial charge in [-0.1, -0.05) is 18.5 Å². The van der Waals surface area contributed by atoms with Crippen molar-refractivity contribution in [2.45, 2.75) is 13.0 Å². The summed E-state index contributed by atoms with van der Waals surface area (Å²) in [5.41, 5.74) is 0.611. The number of likely N-dealkylation sites (N-methyl/N-ethyl adjacent to an activating group) is 1. The van der Waals surface area contributed by atoms with Crippen LogP contribution in [0.1, 0.15) is 17.3 Å². The number of halogens is 1. The lowest BCUT2D eigenvalue weighted by molar-refractivity contribution is 0.0891. The third-order valence-corrected chi connectivity index (χ3v) is 3.63. The fourth-order valence-electron chi connectivity index (χ4n) is 2.30. The molecular weight excluding hydrogens is 266 g/mol. The minimum atomic E-state index is -0.147. The quantitative estimate of drug-likeness (QED) is 0.841. The molecule has 1 aromatic rings. The molecule has 1 heterocycles. The van der Waals surface area contributed by atoms with Crippen molar-refractivity contribution in [3.8, 4) is 5.75 Å². The first-order valence-electron chi connectivity index (χ1n) is 6.36. The van der Waals surface area contributed by atoms with Crippen LogP contribution in [0.2, 0.25) is 5.02 Å². The molecule has 2 unspecified atom stereocenters. The summed E-state index contributed by atoms with van der Waals surface area (Å²) in [5.74, 6) is 0.440. The number of hydrogen-bond donors (Lipinski definition) is 1. The number of carbonyl (C=O) groups excluding carboxylic acids is 1. The van der Waals surface area contributed by atoms with Crippen LogP contribution in [0.25, 0.3) is 0 Å². The van der Waals surface area contributed by atoms with E-state index in [4.69, 9.17) is 21.1 Å². The SMILES string of the molecule is CCNC1COCC1C(=O)c1ccc(Cl)c(OC)c1. The molecule has 2 atom stereocenters. The minimum absolute atomic E-state index is 0.0680. The zero-order valence-electron chi connectivity index (χ0n) is 11.1. The maximum atomic E-state index is 12.5. The van der Waals surface area contributed by atoms with Gasteiger partial charge in [0.25, 0.3) is 0 Å². The van der Waals surface area contributed by atoms with Gasteiger partial charge >= 0.3 is 0 Å². The summed E-state index contributed by atoms with van der Waals surface area (Å²) in [6, 6.07) is 5.19. The van der Waals surface area contributed by atoms with Crippen LogP contribution in [0, 0.1) is 5.92 Å². The van der Waals surface area contributed by atoms with E-state index in [2.05, 4.69) is 5.32 Å². The van der Waals surface area contributed by atoms with Gasteiger partial charge in [-0.2, -0.15) is 0 Å². The Kier molecular flexibility index (Phi) is 4.80. The van der Waals surface area contributed by atoms with Gasteiger partial charge in [-0.05, 0) is 24.7 Å². The Labute approximate surface area is 118 Å². The highest BCUT2D eigenvalue weighted by atomic mass is 35.5. The number of rotatable bonds is 5. The molecule has 1 fully saturated rings. The smallest absolute Gasteiger partial charge is 0.170 e. The van der Waals surface area contributed by atoms with Crippen molar-refractivity contribution in [3.63, 3.8) is 0 Å². The van der Waals surface area contributed by atoms with Crippen LogP contribution in [0.3, 0.4) is 0 Å². The summed E-state index contributed by atoms with van der Waals surface area (Å²) in [4.78, 5) is 12.5. The Hall–Kier alpha value is -1.10.